The molecule has 1 rings (SSSR count). The summed E-state index contributed by atoms with van der Waals surface area (Å²) in [4.78, 5) is 22.6. The summed E-state index contributed by atoms with van der Waals surface area (Å²) in [6.45, 7) is 1.48. The van der Waals surface area contributed by atoms with Crippen LogP contribution in [-0.4, -0.2) is 18.7 Å². The fourth-order valence-corrected chi connectivity index (χ4v) is 2.86. The van der Waals surface area contributed by atoms with Crippen LogP contribution >= 0.6 is 31.9 Å². The van der Waals surface area contributed by atoms with Gasteiger partial charge in [0.15, 0.2) is 5.78 Å². The zero-order valence-corrected chi connectivity index (χ0v) is 12.7. The molecule has 0 radical (unpaired) electrons. The van der Waals surface area contributed by atoms with Crippen LogP contribution in [0.2, 0.25) is 0 Å². The lowest BCUT2D eigenvalue weighted by molar-refractivity contribution is -0.116. The fourth-order valence-electron chi connectivity index (χ4n) is 1.35. The Kier molecular flexibility index (Phi) is 5.33. The van der Waals surface area contributed by atoms with E-state index in [0.29, 0.717) is 20.3 Å². The summed E-state index contributed by atoms with van der Waals surface area (Å²) >= 11 is 6.66. The highest BCUT2D eigenvalue weighted by Gasteiger charge is 2.13. The summed E-state index contributed by atoms with van der Waals surface area (Å²) < 4.78 is 6.57. The van der Waals surface area contributed by atoms with Crippen LogP contribution in [0, 0.1) is 0 Å². The molecule has 1 aromatic rings. The molecule has 0 bridgehead atoms. The van der Waals surface area contributed by atoms with Gasteiger partial charge in [0.05, 0.1) is 16.1 Å². The molecule has 0 aliphatic heterocycles. The van der Waals surface area contributed by atoms with Gasteiger partial charge in [-0.1, -0.05) is 0 Å². The zero-order valence-electron chi connectivity index (χ0n) is 9.55. The SMILES string of the molecule is COc1c(Br)cc(C(=O)CCC(C)=O)cc1Br. The molecule has 92 valence electrons. The largest absolute Gasteiger partial charge is 0.494 e. The van der Waals surface area contributed by atoms with Gasteiger partial charge in [-0.3, -0.25) is 4.79 Å². The van der Waals surface area contributed by atoms with Crippen molar-refractivity contribution in [2.45, 2.75) is 19.8 Å². The van der Waals surface area contributed by atoms with E-state index >= 15 is 0 Å². The predicted octanol–water partition coefficient (Wildman–Crippen LogP) is 3.77. The number of carbonyl (C=O) groups excluding carboxylic acids is 2. The lowest BCUT2D eigenvalue weighted by atomic mass is 10.1. The summed E-state index contributed by atoms with van der Waals surface area (Å²) in [5.41, 5.74) is 0.561. The second kappa shape index (κ2) is 6.31. The molecule has 0 aromatic heterocycles. The van der Waals surface area contributed by atoms with E-state index in [4.69, 9.17) is 4.74 Å². The molecule has 0 saturated heterocycles. The topological polar surface area (TPSA) is 43.4 Å². The normalized spacial score (nSPS) is 10.1. The van der Waals surface area contributed by atoms with Gasteiger partial charge >= 0.3 is 0 Å². The van der Waals surface area contributed by atoms with Gasteiger partial charge in [0.1, 0.15) is 11.5 Å². The smallest absolute Gasteiger partial charge is 0.163 e. The number of methoxy groups -OCH3 is 1. The Balaban J connectivity index is 2.92. The Bertz CT molecular complexity index is 432. The molecular weight excluding hydrogens is 352 g/mol. The molecule has 0 N–H and O–H groups in total. The van der Waals surface area contributed by atoms with Crippen molar-refractivity contribution in [3.63, 3.8) is 0 Å². The molecule has 3 nitrogen and oxygen atoms in total. The average Bonchev–Trinajstić information content (AvgIpc) is 2.25. The van der Waals surface area contributed by atoms with Crippen molar-refractivity contribution in [3.8, 4) is 5.75 Å². The fraction of sp³-hybridized carbons (Fsp3) is 0.333. The first-order chi connectivity index (χ1) is 7.95. The first kappa shape index (κ1) is 14.4. The Morgan fingerprint density at radius 3 is 2.12 bits per heavy atom. The van der Waals surface area contributed by atoms with Crippen molar-refractivity contribution >= 4 is 43.4 Å². The second-order valence-electron chi connectivity index (χ2n) is 3.60. The Labute approximate surface area is 117 Å². The van der Waals surface area contributed by atoms with Gasteiger partial charge in [-0.15, -0.1) is 0 Å². The lowest BCUT2D eigenvalue weighted by Gasteiger charge is -2.08. The van der Waals surface area contributed by atoms with Crippen molar-refractivity contribution in [1.29, 1.82) is 0 Å². The lowest BCUT2D eigenvalue weighted by Crippen LogP contribution is -2.03. The van der Waals surface area contributed by atoms with E-state index in [9.17, 15) is 9.59 Å². The molecule has 0 aliphatic rings. The van der Waals surface area contributed by atoms with E-state index in [1.165, 1.54) is 6.92 Å². The maximum absolute atomic E-state index is 11.8. The predicted molar refractivity (Wildman–Crippen MR) is 72.6 cm³/mol. The molecule has 5 heteroatoms. The average molecular weight is 364 g/mol. The van der Waals surface area contributed by atoms with Gasteiger partial charge in [0, 0.05) is 18.4 Å². The highest BCUT2D eigenvalue weighted by molar-refractivity contribution is 9.11. The van der Waals surface area contributed by atoms with E-state index in [1.807, 2.05) is 0 Å². The van der Waals surface area contributed by atoms with Crippen LogP contribution in [0.4, 0.5) is 0 Å². The van der Waals surface area contributed by atoms with Gasteiger partial charge in [-0.05, 0) is 50.9 Å². The summed E-state index contributed by atoms with van der Waals surface area (Å²) in [5, 5.41) is 0. The number of hydrogen-bond acceptors (Lipinski definition) is 3. The quantitative estimate of drug-likeness (QED) is 0.748. The van der Waals surface area contributed by atoms with Gasteiger partial charge < -0.3 is 9.53 Å². The minimum absolute atomic E-state index is 0.0185. The zero-order chi connectivity index (χ0) is 13.0. The summed E-state index contributed by atoms with van der Waals surface area (Å²) in [7, 11) is 1.56. The van der Waals surface area contributed by atoms with Crippen molar-refractivity contribution < 1.29 is 14.3 Å². The first-order valence-corrected chi connectivity index (χ1v) is 6.60. The Morgan fingerprint density at radius 1 is 1.18 bits per heavy atom. The number of carbonyl (C=O) groups is 2. The maximum Gasteiger partial charge on any atom is 0.163 e. The number of rotatable bonds is 5. The third-order valence-corrected chi connectivity index (χ3v) is 3.41. The van der Waals surface area contributed by atoms with Crippen LogP contribution < -0.4 is 4.74 Å². The maximum atomic E-state index is 11.8. The highest BCUT2D eigenvalue weighted by atomic mass is 79.9. The third kappa shape index (κ3) is 3.92. The van der Waals surface area contributed by atoms with Crippen LogP contribution in [0.5, 0.6) is 5.75 Å². The Hall–Kier alpha value is -0.680. The first-order valence-electron chi connectivity index (χ1n) is 5.01. The minimum atomic E-state index is -0.0516. The van der Waals surface area contributed by atoms with Crippen LogP contribution in [0.3, 0.4) is 0 Å². The molecule has 17 heavy (non-hydrogen) atoms. The van der Waals surface area contributed by atoms with Crippen molar-refractivity contribution in [3.05, 3.63) is 26.6 Å². The van der Waals surface area contributed by atoms with Gasteiger partial charge in [-0.25, -0.2) is 0 Å². The van der Waals surface area contributed by atoms with Crippen LogP contribution in [0.25, 0.3) is 0 Å². The highest BCUT2D eigenvalue weighted by Crippen LogP contribution is 2.34. The second-order valence-corrected chi connectivity index (χ2v) is 5.31. The Morgan fingerprint density at radius 2 is 1.71 bits per heavy atom. The number of Topliss-reactive ketones (excluding diaryl/α,β-unsaturated/α-hetero) is 2. The molecule has 0 amide bonds. The van der Waals surface area contributed by atoms with Gasteiger partial charge in [0.25, 0.3) is 0 Å². The number of benzene rings is 1. The standard InChI is InChI=1S/C12H12Br2O3/c1-7(15)3-4-11(16)8-5-9(13)12(17-2)10(14)6-8/h5-6H,3-4H2,1-2H3. The van der Waals surface area contributed by atoms with Crippen molar-refractivity contribution in [1.82, 2.24) is 0 Å². The van der Waals surface area contributed by atoms with Crippen LogP contribution in [-0.2, 0) is 4.79 Å². The molecule has 0 unspecified atom stereocenters. The number of ketones is 2. The molecule has 0 saturated carbocycles. The van der Waals surface area contributed by atoms with E-state index in [0.717, 1.165) is 0 Å². The van der Waals surface area contributed by atoms with E-state index in [2.05, 4.69) is 31.9 Å². The number of halogens is 2. The molecular formula is C12H12Br2O3. The van der Waals surface area contributed by atoms with Crippen molar-refractivity contribution in [2.75, 3.05) is 7.11 Å². The van der Waals surface area contributed by atoms with Crippen LogP contribution in [0.1, 0.15) is 30.1 Å². The summed E-state index contributed by atoms with van der Waals surface area (Å²) in [5.74, 6) is 0.613. The molecule has 0 aliphatic carbocycles. The third-order valence-electron chi connectivity index (χ3n) is 2.23. The monoisotopic (exact) mass is 362 g/mol. The molecule has 0 atom stereocenters. The van der Waals surface area contributed by atoms with Crippen LogP contribution in [0.15, 0.2) is 21.1 Å². The summed E-state index contributed by atoms with van der Waals surface area (Å²) in [6, 6.07) is 3.40. The van der Waals surface area contributed by atoms with Crippen molar-refractivity contribution in [2.24, 2.45) is 0 Å². The molecule has 0 heterocycles. The van der Waals surface area contributed by atoms with E-state index in [-0.39, 0.29) is 24.4 Å². The van der Waals surface area contributed by atoms with E-state index in [1.54, 1.807) is 19.2 Å². The van der Waals surface area contributed by atoms with Gasteiger partial charge in [-0.2, -0.15) is 0 Å². The van der Waals surface area contributed by atoms with Gasteiger partial charge in [0.2, 0.25) is 0 Å². The minimum Gasteiger partial charge on any atom is -0.494 e. The molecule has 1 aromatic carbocycles. The van der Waals surface area contributed by atoms with E-state index < -0.39 is 0 Å². The molecule has 0 spiro atoms. The number of ether oxygens (including phenoxy) is 1. The summed E-state index contributed by atoms with van der Waals surface area (Å²) in [6.07, 6.45) is 0.515. The molecule has 0 fully saturated rings. The number of hydrogen-bond donors (Lipinski definition) is 0.